The standard InChI is InChI=1S/C32H33N3O9S/c1-6-34-12-32(11-33)8-17-7-14(2)26(40-5)25(38)20(17)23(34)24-30-22-21(18(35(24)32)9-41-31(39)19(37)10-45-30)29-28(42-13-43-29)15(3)27(22)44-16(4)36/h7,18,23-24,30,38H,6,8-10,12-13H2,1-5H3/t18-,23-,24?,30+,32+/m0/s1. The van der Waals surface area contributed by atoms with Gasteiger partial charge >= 0.3 is 11.9 Å². The Morgan fingerprint density at radius 3 is 2.62 bits per heavy atom. The zero-order chi connectivity index (χ0) is 31.9. The Morgan fingerprint density at radius 1 is 1.18 bits per heavy atom. The Bertz CT molecular complexity index is 1720. The molecule has 4 bridgehead atoms. The Hall–Kier alpha value is -3.99. The van der Waals surface area contributed by atoms with Gasteiger partial charge in [-0.3, -0.25) is 19.4 Å². The van der Waals surface area contributed by atoms with Gasteiger partial charge in [0.05, 0.1) is 36.3 Å². The van der Waals surface area contributed by atoms with Crippen molar-refractivity contribution in [3.8, 4) is 34.8 Å². The van der Waals surface area contributed by atoms with Gasteiger partial charge in [0.2, 0.25) is 12.6 Å². The SMILES string of the molecule is CCN1C[C@]2(C#N)Cc3cc(C)c(OC)c(O)c3[C@H]1C1[C@@H]3SCC(=O)C(=O)OC[C@@H](c4c5c(c(C)c(OC(C)=O)c43)OCO5)N12. The number of carbonyl (C=O) groups excluding carboxylic acids is 3. The van der Waals surface area contributed by atoms with Gasteiger partial charge in [0, 0.05) is 48.2 Å². The second-order valence-electron chi connectivity index (χ2n) is 12.1. The lowest BCUT2D eigenvalue weighted by Crippen LogP contribution is -2.69. The Kier molecular flexibility index (Phi) is 6.96. The van der Waals surface area contributed by atoms with E-state index >= 15 is 0 Å². The van der Waals surface area contributed by atoms with Crippen LogP contribution in [0.25, 0.3) is 0 Å². The molecule has 0 saturated carbocycles. The average molecular weight is 636 g/mol. The lowest BCUT2D eigenvalue weighted by Gasteiger charge is -2.60. The van der Waals surface area contributed by atoms with E-state index in [4.69, 9.17) is 23.7 Å². The number of nitriles is 1. The smallest absolute Gasteiger partial charge is 0.375 e. The normalized spacial score (nSPS) is 29.6. The number of cyclic esters (lactones) is 1. The number of Topliss-reactive ketones (excluding diaryl/α,β-unsaturated/α-hetero) is 1. The number of hydrogen-bond acceptors (Lipinski definition) is 13. The maximum absolute atomic E-state index is 13.0. The molecule has 12 nitrogen and oxygen atoms in total. The summed E-state index contributed by atoms with van der Waals surface area (Å²) in [5.74, 6) is -0.865. The summed E-state index contributed by atoms with van der Waals surface area (Å²) < 4.78 is 29.2. The molecule has 0 aromatic heterocycles. The van der Waals surface area contributed by atoms with Crippen LogP contribution in [-0.4, -0.2) is 83.6 Å². The van der Waals surface area contributed by atoms with E-state index in [9.17, 15) is 24.8 Å². The first-order valence-corrected chi connectivity index (χ1v) is 15.9. The Balaban J connectivity index is 1.60. The molecule has 2 aromatic rings. The third-order valence-corrected chi connectivity index (χ3v) is 11.0. The largest absolute Gasteiger partial charge is 0.504 e. The van der Waals surface area contributed by atoms with Crippen LogP contribution in [0, 0.1) is 25.2 Å². The van der Waals surface area contributed by atoms with Gasteiger partial charge in [0.1, 0.15) is 17.9 Å². The summed E-state index contributed by atoms with van der Waals surface area (Å²) in [4.78, 5) is 42.7. The van der Waals surface area contributed by atoms with Crippen LogP contribution < -0.4 is 18.9 Å². The van der Waals surface area contributed by atoms with E-state index in [1.165, 1.54) is 25.8 Å². The number of methoxy groups -OCH3 is 1. The fourth-order valence-corrected chi connectivity index (χ4v) is 9.48. The highest BCUT2D eigenvalue weighted by molar-refractivity contribution is 8.00. The molecular formula is C32H33N3O9S. The molecule has 2 fully saturated rings. The van der Waals surface area contributed by atoms with E-state index in [-0.39, 0.29) is 31.3 Å². The van der Waals surface area contributed by atoms with E-state index in [2.05, 4.69) is 15.9 Å². The highest BCUT2D eigenvalue weighted by Crippen LogP contribution is 2.65. The molecule has 0 radical (unpaired) electrons. The molecule has 6 heterocycles. The van der Waals surface area contributed by atoms with Gasteiger partial charge in [-0.05, 0) is 31.5 Å². The summed E-state index contributed by atoms with van der Waals surface area (Å²) >= 11 is 1.23. The minimum absolute atomic E-state index is 0.00862. The fourth-order valence-electron chi connectivity index (χ4n) is 8.15. The molecule has 0 spiro atoms. The first kappa shape index (κ1) is 29.7. The number of esters is 2. The maximum atomic E-state index is 13.0. The number of phenolic OH excluding ortho intramolecular Hbond substituents is 1. The van der Waals surface area contributed by atoms with Crippen molar-refractivity contribution in [2.24, 2.45) is 0 Å². The van der Waals surface area contributed by atoms with Crippen molar-refractivity contribution in [2.75, 3.05) is 39.4 Å². The Labute approximate surface area is 264 Å². The summed E-state index contributed by atoms with van der Waals surface area (Å²) in [6, 6.07) is 2.84. The number of rotatable bonds is 3. The van der Waals surface area contributed by atoms with Crippen molar-refractivity contribution in [3.63, 3.8) is 0 Å². The summed E-state index contributed by atoms with van der Waals surface area (Å²) in [6.45, 7) is 7.56. The van der Waals surface area contributed by atoms with Crippen molar-refractivity contribution in [3.05, 3.63) is 39.4 Å². The topological polar surface area (TPSA) is 148 Å². The fraction of sp³-hybridized carbons (Fsp3) is 0.500. The predicted octanol–water partition coefficient (Wildman–Crippen LogP) is 3.19. The molecule has 2 unspecified atom stereocenters. The lowest BCUT2D eigenvalue weighted by atomic mass is 9.76. The average Bonchev–Trinajstić information content (AvgIpc) is 3.41. The van der Waals surface area contributed by atoms with Crippen LogP contribution >= 0.6 is 11.8 Å². The van der Waals surface area contributed by atoms with Crippen LogP contribution in [0.3, 0.4) is 0 Å². The molecule has 236 valence electrons. The number of hydrogen-bond donors (Lipinski definition) is 1. The molecule has 2 aromatic carbocycles. The molecule has 2 saturated heterocycles. The van der Waals surface area contributed by atoms with E-state index in [1.807, 2.05) is 19.9 Å². The molecule has 6 aliphatic heterocycles. The maximum Gasteiger partial charge on any atom is 0.375 e. The highest BCUT2D eigenvalue weighted by Gasteiger charge is 2.63. The van der Waals surface area contributed by atoms with Gasteiger partial charge in [-0.2, -0.15) is 5.26 Å². The van der Waals surface area contributed by atoms with E-state index in [0.717, 1.165) is 11.1 Å². The van der Waals surface area contributed by atoms with Crippen molar-refractivity contribution < 1.29 is 43.2 Å². The van der Waals surface area contributed by atoms with Gasteiger partial charge in [-0.1, -0.05) is 13.0 Å². The van der Waals surface area contributed by atoms with Gasteiger partial charge in [0.25, 0.3) is 0 Å². The van der Waals surface area contributed by atoms with Crippen molar-refractivity contribution in [1.82, 2.24) is 9.80 Å². The third kappa shape index (κ3) is 4.08. The molecule has 1 N–H and O–H groups in total. The van der Waals surface area contributed by atoms with Gasteiger partial charge in [0.15, 0.2) is 23.0 Å². The number of thioether (sulfide) groups is 1. The molecule has 45 heavy (non-hydrogen) atoms. The lowest BCUT2D eigenvalue weighted by molar-refractivity contribution is -0.157. The van der Waals surface area contributed by atoms with Crippen LogP contribution in [0.5, 0.6) is 28.7 Å². The molecule has 6 atom stereocenters. The van der Waals surface area contributed by atoms with Crippen LogP contribution in [0.2, 0.25) is 0 Å². The van der Waals surface area contributed by atoms with Crippen LogP contribution in [0.4, 0.5) is 0 Å². The number of benzene rings is 2. The van der Waals surface area contributed by atoms with Crippen LogP contribution in [-0.2, 0) is 25.5 Å². The second kappa shape index (κ2) is 10.5. The number of nitrogens with zero attached hydrogens (tertiary/aromatic N) is 3. The summed E-state index contributed by atoms with van der Waals surface area (Å²) in [7, 11) is 1.51. The van der Waals surface area contributed by atoms with Crippen LogP contribution in [0.15, 0.2) is 6.07 Å². The number of carbonyl (C=O) groups is 3. The van der Waals surface area contributed by atoms with E-state index < -0.39 is 46.6 Å². The first-order valence-electron chi connectivity index (χ1n) is 14.9. The number of ether oxygens (including phenoxy) is 5. The van der Waals surface area contributed by atoms with Crippen LogP contribution in [0.1, 0.15) is 64.6 Å². The van der Waals surface area contributed by atoms with Gasteiger partial charge < -0.3 is 28.8 Å². The number of piperazine rings is 1. The first-order chi connectivity index (χ1) is 21.6. The second-order valence-corrected chi connectivity index (χ2v) is 13.2. The highest BCUT2D eigenvalue weighted by atomic mass is 32.2. The predicted molar refractivity (Wildman–Crippen MR) is 160 cm³/mol. The number of aryl methyl sites for hydroxylation is 1. The minimum atomic E-state index is -1.15. The number of fused-ring (bicyclic) bond motifs is 6. The number of phenols is 1. The quantitative estimate of drug-likeness (QED) is 0.299. The molecule has 0 amide bonds. The minimum Gasteiger partial charge on any atom is -0.504 e. The third-order valence-electron chi connectivity index (χ3n) is 9.74. The summed E-state index contributed by atoms with van der Waals surface area (Å²) in [5, 5.41) is 22.4. The number of ketones is 1. The van der Waals surface area contributed by atoms with E-state index in [1.54, 1.807) is 6.92 Å². The molecule has 13 heteroatoms. The zero-order valence-corrected chi connectivity index (χ0v) is 26.4. The zero-order valence-electron chi connectivity index (χ0n) is 25.6. The van der Waals surface area contributed by atoms with Crippen molar-refractivity contribution >= 4 is 29.5 Å². The van der Waals surface area contributed by atoms with E-state index in [0.29, 0.717) is 58.3 Å². The number of likely N-dealkylation sites (N-methyl/N-ethyl adjacent to an activating group) is 1. The molecular weight excluding hydrogens is 602 g/mol. The summed E-state index contributed by atoms with van der Waals surface area (Å²) in [6.07, 6.45) is 0.277. The Morgan fingerprint density at radius 2 is 1.93 bits per heavy atom. The van der Waals surface area contributed by atoms with Crippen molar-refractivity contribution in [1.29, 1.82) is 5.26 Å². The van der Waals surface area contributed by atoms with Gasteiger partial charge in [-0.15, -0.1) is 11.8 Å². The molecule has 0 aliphatic carbocycles. The molecule has 8 rings (SSSR count). The summed E-state index contributed by atoms with van der Waals surface area (Å²) in [5.41, 5.74) is 2.87. The number of aromatic hydroxyl groups is 1. The van der Waals surface area contributed by atoms with Gasteiger partial charge in [-0.25, -0.2) is 4.79 Å². The van der Waals surface area contributed by atoms with Crippen molar-refractivity contribution in [2.45, 2.75) is 63.0 Å². The monoisotopic (exact) mass is 635 g/mol. The molecule has 6 aliphatic rings.